The summed E-state index contributed by atoms with van der Waals surface area (Å²) in [6.07, 6.45) is 5.20. The number of nitrogens with one attached hydrogen (secondary N) is 4. The Balaban J connectivity index is 1.55. The Morgan fingerprint density at radius 2 is 1.86 bits per heavy atom. The third-order valence-electron chi connectivity index (χ3n) is 8.37. The van der Waals surface area contributed by atoms with E-state index in [1.54, 1.807) is 6.20 Å². The van der Waals surface area contributed by atoms with Crippen LogP contribution in [0.25, 0.3) is 21.3 Å². The Labute approximate surface area is 284 Å². The molecule has 0 fully saturated rings. The predicted molar refractivity (Wildman–Crippen MR) is 183 cm³/mol. The summed E-state index contributed by atoms with van der Waals surface area (Å²) in [7, 11) is 1.23. The third kappa shape index (κ3) is 11.3. The summed E-state index contributed by atoms with van der Waals surface area (Å²) >= 11 is 0. The molecule has 4 amide bonds. The number of hydrogen-bond donors (Lipinski definition) is 4. The lowest BCUT2D eigenvalue weighted by Gasteiger charge is -2.22. The Bertz CT molecular complexity index is 1690. The first-order chi connectivity index (χ1) is 23.8. The second-order valence-corrected chi connectivity index (χ2v) is 12.0. The van der Waals surface area contributed by atoms with E-state index in [9.17, 15) is 24.0 Å². The zero-order valence-electron chi connectivity index (χ0n) is 27.5. The first-order valence-corrected chi connectivity index (χ1v) is 16.4. The molecule has 0 aliphatic carbocycles. The highest BCUT2D eigenvalue weighted by Gasteiger charge is 2.26. The number of para-hydroxylation sites is 1. The van der Waals surface area contributed by atoms with Gasteiger partial charge in [-0.3, -0.25) is 24.2 Å². The molecule has 258 valence electrons. The van der Waals surface area contributed by atoms with Crippen LogP contribution < -0.4 is 21.3 Å². The molecule has 0 saturated heterocycles. The quantitative estimate of drug-likeness (QED) is 0.0858. The molecule has 1 aromatic heterocycles. The van der Waals surface area contributed by atoms with Crippen molar-refractivity contribution in [2.45, 2.75) is 75.8 Å². The molecule has 3 aromatic rings. The molecule has 14 heteroatoms. The van der Waals surface area contributed by atoms with Crippen molar-refractivity contribution in [3.8, 4) is 0 Å². The lowest BCUT2D eigenvalue weighted by Crippen LogP contribution is -2.51. The average molecular weight is 671 g/mol. The van der Waals surface area contributed by atoms with Gasteiger partial charge in [0.2, 0.25) is 23.6 Å². The Morgan fingerprint density at radius 3 is 2.67 bits per heavy atom. The van der Waals surface area contributed by atoms with E-state index in [0.717, 1.165) is 16.5 Å². The van der Waals surface area contributed by atoms with Gasteiger partial charge in [-0.1, -0.05) is 60.4 Å². The predicted octanol–water partition coefficient (Wildman–Crippen LogP) is 4.20. The van der Waals surface area contributed by atoms with Crippen LogP contribution in [0.1, 0.15) is 68.4 Å². The fraction of sp³-hybridized carbons (Fsp3) is 0.429. The maximum absolute atomic E-state index is 13.5. The van der Waals surface area contributed by atoms with Gasteiger partial charge in [0.1, 0.15) is 12.1 Å². The smallest absolute Gasteiger partial charge is 0.328 e. The second kappa shape index (κ2) is 18.7. The number of anilines is 1. The first-order valence-electron chi connectivity index (χ1n) is 16.4. The molecule has 2 aromatic carbocycles. The van der Waals surface area contributed by atoms with Crippen LogP contribution in [0.4, 0.5) is 5.69 Å². The molecule has 2 heterocycles. The molecule has 0 spiro atoms. The van der Waals surface area contributed by atoms with Gasteiger partial charge in [-0.2, -0.15) is 0 Å². The largest absolute Gasteiger partial charge is 0.467 e. The number of unbranched alkanes of at least 4 members (excludes halogenated alkanes) is 1. The number of fused-ring (bicyclic) bond motifs is 3. The Hall–Kier alpha value is -5.49. The van der Waals surface area contributed by atoms with Crippen LogP contribution in [0.15, 0.2) is 65.9 Å². The highest BCUT2D eigenvalue weighted by Crippen LogP contribution is 2.29. The minimum Gasteiger partial charge on any atom is -0.467 e. The van der Waals surface area contributed by atoms with Gasteiger partial charge >= 0.3 is 5.97 Å². The van der Waals surface area contributed by atoms with Crippen LogP contribution in [0.2, 0.25) is 0 Å². The summed E-state index contributed by atoms with van der Waals surface area (Å²) < 4.78 is 4.95. The van der Waals surface area contributed by atoms with Gasteiger partial charge in [0.05, 0.1) is 24.9 Å². The monoisotopic (exact) mass is 670 g/mol. The summed E-state index contributed by atoms with van der Waals surface area (Å²) in [6, 6.07) is 15.0. The summed E-state index contributed by atoms with van der Waals surface area (Å²) in [5.74, 6) is -2.52. The molecule has 4 N–H and O–H groups in total. The lowest BCUT2D eigenvalue weighted by atomic mass is 9.88. The van der Waals surface area contributed by atoms with Crippen LogP contribution in [-0.2, 0) is 35.1 Å². The first kappa shape index (κ1) is 36.3. The van der Waals surface area contributed by atoms with Gasteiger partial charge in [0, 0.05) is 42.3 Å². The highest BCUT2D eigenvalue weighted by atomic mass is 16.5. The third-order valence-corrected chi connectivity index (χ3v) is 8.37. The van der Waals surface area contributed by atoms with Crippen molar-refractivity contribution >= 4 is 46.2 Å². The SMILES string of the molecule is COC(=O)[C@@H]1Cc2cccc(c2)C(CC(=O)Nc2cccc3cccnc23)CCCCC(=O)N[C@@H](CCCCN=[N+]=[N-])C(=O)NCC(=O)N1. The van der Waals surface area contributed by atoms with Crippen molar-refractivity contribution < 1.29 is 28.7 Å². The molecule has 3 atom stereocenters. The fourth-order valence-corrected chi connectivity index (χ4v) is 5.89. The van der Waals surface area contributed by atoms with Crippen molar-refractivity contribution in [2.24, 2.45) is 5.11 Å². The van der Waals surface area contributed by atoms with E-state index in [0.29, 0.717) is 43.3 Å². The van der Waals surface area contributed by atoms with Crippen molar-refractivity contribution in [1.82, 2.24) is 20.9 Å². The van der Waals surface area contributed by atoms with Gasteiger partial charge in [-0.25, -0.2) is 4.79 Å². The van der Waals surface area contributed by atoms with E-state index in [-0.39, 0.29) is 50.0 Å². The van der Waals surface area contributed by atoms with E-state index in [1.807, 2.05) is 54.6 Å². The summed E-state index contributed by atoms with van der Waals surface area (Å²) in [5, 5.41) is 15.4. The zero-order chi connectivity index (χ0) is 35.0. The number of azide groups is 1. The number of pyridine rings is 1. The number of esters is 1. The summed E-state index contributed by atoms with van der Waals surface area (Å²) in [6.45, 7) is -0.156. The van der Waals surface area contributed by atoms with Crippen LogP contribution in [0, 0.1) is 0 Å². The van der Waals surface area contributed by atoms with Crippen LogP contribution in [0.5, 0.6) is 0 Å². The minimum atomic E-state index is -1.03. The van der Waals surface area contributed by atoms with Gasteiger partial charge in [0.15, 0.2) is 0 Å². The Morgan fingerprint density at radius 1 is 1.04 bits per heavy atom. The molecule has 0 saturated carbocycles. The molecule has 2 bridgehead atoms. The standard InChI is InChI=1S/C35H42N8O6/c1-49-35(48)29-20-23-9-6-12-25(19-23)26(21-31(45)40-27-15-7-11-24-13-8-17-37-33(24)27)10-2-3-16-30(44)41-28(14-4-5-18-39-43-36)34(47)38-22-32(46)42-29/h6-9,11-13,15,17,19,26,28-29H,2-5,10,14,16,18,20-22H2,1H3,(H,38,47)(H,40,45)(H,41,44)(H,42,46)/t26?,28-,29-/m0/s1. The molecule has 0 radical (unpaired) electrons. The van der Waals surface area contributed by atoms with Gasteiger partial charge < -0.3 is 26.0 Å². The molecule has 14 nitrogen and oxygen atoms in total. The van der Waals surface area contributed by atoms with Gasteiger partial charge in [0.25, 0.3) is 0 Å². The summed E-state index contributed by atoms with van der Waals surface area (Å²) in [5.41, 5.74) is 11.5. The maximum Gasteiger partial charge on any atom is 0.328 e. The lowest BCUT2D eigenvalue weighted by molar-refractivity contribution is -0.145. The minimum absolute atomic E-state index is 0.130. The molecular formula is C35H42N8O6. The average Bonchev–Trinajstić information content (AvgIpc) is 3.10. The topological polar surface area (TPSA) is 204 Å². The molecule has 1 aliphatic rings. The van der Waals surface area contributed by atoms with Crippen molar-refractivity contribution in [1.29, 1.82) is 0 Å². The van der Waals surface area contributed by atoms with E-state index >= 15 is 0 Å². The van der Waals surface area contributed by atoms with Crippen molar-refractivity contribution in [2.75, 3.05) is 25.5 Å². The summed E-state index contributed by atoms with van der Waals surface area (Å²) in [4.78, 5) is 72.1. The number of ether oxygens (including phenoxy) is 1. The number of aromatic nitrogens is 1. The second-order valence-electron chi connectivity index (χ2n) is 12.0. The van der Waals surface area contributed by atoms with Crippen LogP contribution >= 0.6 is 0 Å². The zero-order valence-corrected chi connectivity index (χ0v) is 27.5. The number of nitrogens with zero attached hydrogens (tertiary/aromatic N) is 4. The highest BCUT2D eigenvalue weighted by molar-refractivity contribution is 6.00. The van der Waals surface area contributed by atoms with Crippen molar-refractivity contribution in [3.63, 3.8) is 0 Å². The van der Waals surface area contributed by atoms with Gasteiger partial charge in [-0.05, 0) is 60.4 Å². The maximum atomic E-state index is 13.5. The molecule has 4 rings (SSSR count). The number of carbonyl (C=O) groups excluding carboxylic acids is 5. The fourth-order valence-electron chi connectivity index (χ4n) is 5.89. The van der Waals surface area contributed by atoms with Gasteiger partial charge in [-0.15, -0.1) is 0 Å². The number of benzene rings is 2. The van der Waals surface area contributed by atoms with Crippen molar-refractivity contribution in [3.05, 3.63) is 82.4 Å². The Kier molecular flexibility index (Phi) is 13.9. The normalized spacial score (nSPS) is 19.2. The van der Waals surface area contributed by atoms with E-state index in [4.69, 9.17) is 10.3 Å². The van der Waals surface area contributed by atoms with E-state index < -0.39 is 36.4 Å². The number of amides is 4. The number of carbonyl (C=O) groups is 5. The number of rotatable bonds is 9. The number of hydrogen-bond acceptors (Lipinski definition) is 8. The molecule has 1 aliphatic heterocycles. The van der Waals surface area contributed by atoms with E-state index in [2.05, 4.69) is 36.3 Å². The number of methoxy groups -OCH3 is 1. The molecule has 1 unspecified atom stereocenters. The van der Waals surface area contributed by atoms with E-state index in [1.165, 1.54) is 7.11 Å². The molecule has 49 heavy (non-hydrogen) atoms. The van der Waals surface area contributed by atoms with Crippen LogP contribution in [-0.4, -0.2) is 66.9 Å². The van der Waals surface area contributed by atoms with Crippen LogP contribution in [0.3, 0.4) is 0 Å². The molecular weight excluding hydrogens is 628 g/mol.